The topological polar surface area (TPSA) is 84.5 Å². The van der Waals surface area contributed by atoms with E-state index in [1.165, 1.54) is 0 Å². The molecule has 0 spiro atoms. The summed E-state index contributed by atoms with van der Waals surface area (Å²) in [4.78, 5) is 17.7. The van der Waals surface area contributed by atoms with Crippen molar-refractivity contribution in [2.75, 3.05) is 5.32 Å². The molecule has 3 N–H and O–H groups in total. The SMILES string of the molecule is N#Cc1csc(CNc2ccc3[nH]c(=O)[nH]c3c2)c1. The summed E-state index contributed by atoms with van der Waals surface area (Å²) >= 11 is 1.55. The molecule has 0 bridgehead atoms. The van der Waals surface area contributed by atoms with Gasteiger partial charge in [0.25, 0.3) is 0 Å². The van der Waals surface area contributed by atoms with Crippen molar-refractivity contribution < 1.29 is 0 Å². The highest BCUT2D eigenvalue weighted by Gasteiger charge is 2.01. The fraction of sp³-hybridized carbons (Fsp3) is 0.0769. The molecule has 5 nitrogen and oxygen atoms in total. The lowest BCUT2D eigenvalue weighted by Gasteiger charge is -2.04. The number of fused-ring (bicyclic) bond motifs is 1. The van der Waals surface area contributed by atoms with E-state index >= 15 is 0 Å². The lowest BCUT2D eigenvalue weighted by molar-refractivity contribution is 1.19. The largest absolute Gasteiger partial charge is 0.380 e. The van der Waals surface area contributed by atoms with E-state index in [0.29, 0.717) is 12.1 Å². The minimum atomic E-state index is -0.205. The summed E-state index contributed by atoms with van der Waals surface area (Å²) in [6, 6.07) is 9.62. The van der Waals surface area contributed by atoms with E-state index in [9.17, 15) is 4.79 Å². The third kappa shape index (κ3) is 2.37. The van der Waals surface area contributed by atoms with E-state index in [2.05, 4.69) is 21.4 Å². The number of aromatic amines is 2. The van der Waals surface area contributed by atoms with Crippen LogP contribution in [0.25, 0.3) is 11.0 Å². The molecule has 2 heterocycles. The molecule has 0 saturated heterocycles. The van der Waals surface area contributed by atoms with Gasteiger partial charge in [-0.2, -0.15) is 5.26 Å². The van der Waals surface area contributed by atoms with Crippen molar-refractivity contribution in [3.05, 3.63) is 50.6 Å². The number of rotatable bonds is 3. The molecule has 0 amide bonds. The number of aromatic nitrogens is 2. The molecule has 94 valence electrons. The molecule has 0 radical (unpaired) electrons. The third-order valence-corrected chi connectivity index (χ3v) is 3.70. The zero-order valence-corrected chi connectivity index (χ0v) is 10.7. The smallest absolute Gasteiger partial charge is 0.323 e. The van der Waals surface area contributed by atoms with Crippen LogP contribution in [-0.4, -0.2) is 9.97 Å². The molecule has 0 unspecified atom stereocenters. The van der Waals surface area contributed by atoms with Crippen molar-refractivity contribution >= 4 is 28.1 Å². The molecule has 0 aliphatic rings. The quantitative estimate of drug-likeness (QED) is 0.683. The van der Waals surface area contributed by atoms with Crippen LogP contribution in [0, 0.1) is 11.3 Å². The zero-order valence-electron chi connectivity index (χ0n) is 9.86. The van der Waals surface area contributed by atoms with Crippen LogP contribution in [0.4, 0.5) is 5.69 Å². The molecule has 0 fully saturated rings. The maximum atomic E-state index is 11.2. The number of hydrogen-bond donors (Lipinski definition) is 3. The van der Waals surface area contributed by atoms with Gasteiger partial charge in [0.05, 0.1) is 16.6 Å². The highest BCUT2D eigenvalue weighted by Crippen LogP contribution is 2.18. The van der Waals surface area contributed by atoms with E-state index < -0.39 is 0 Å². The molecule has 0 saturated carbocycles. The van der Waals surface area contributed by atoms with E-state index in [-0.39, 0.29) is 5.69 Å². The van der Waals surface area contributed by atoms with Gasteiger partial charge in [-0.05, 0) is 24.3 Å². The van der Waals surface area contributed by atoms with Crippen molar-refractivity contribution in [2.45, 2.75) is 6.54 Å². The Bertz CT molecular complexity index is 821. The summed E-state index contributed by atoms with van der Waals surface area (Å²) in [6.07, 6.45) is 0. The van der Waals surface area contributed by atoms with Crippen LogP contribution in [0.2, 0.25) is 0 Å². The Morgan fingerprint density at radius 1 is 1.26 bits per heavy atom. The average Bonchev–Trinajstić information content (AvgIpc) is 3.00. The Labute approximate surface area is 112 Å². The van der Waals surface area contributed by atoms with Gasteiger partial charge in [0.2, 0.25) is 0 Å². The van der Waals surface area contributed by atoms with E-state index in [4.69, 9.17) is 5.26 Å². The van der Waals surface area contributed by atoms with Gasteiger partial charge in [0, 0.05) is 22.5 Å². The minimum absolute atomic E-state index is 0.205. The summed E-state index contributed by atoms with van der Waals surface area (Å²) in [5.74, 6) is 0. The monoisotopic (exact) mass is 270 g/mol. The highest BCUT2D eigenvalue weighted by atomic mass is 32.1. The fourth-order valence-corrected chi connectivity index (χ4v) is 2.61. The average molecular weight is 270 g/mol. The van der Waals surface area contributed by atoms with Gasteiger partial charge in [-0.25, -0.2) is 4.79 Å². The lowest BCUT2D eigenvalue weighted by atomic mass is 10.2. The van der Waals surface area contributed by atoms with Crippen LogP contribution >= 0.6 is 11.3 Å². The van der Waals surface area contributed by atoms with Gasteiger partial charge in [0.1, 0.15) is 6.07 Å². The molecule has 19 heavy (non-hydrogen) atoms. The fourth-order valence-electron chi connectivity index (χ4n) is 1.86. The van der Waals surface area contributed by atoms with Crippen LogP contribution in [0.1, 0.15) is 10.4 Å². The van der Waals surface area contributed by atoms with Gasteiger partial charge in [-0.1, -0.05) is 0 Å². The molecule has 6 heteroatoms. The van der Waals surface area contributed by atoms with Crippen molar-refractivity contribution in [1.82, 2.24) is 9.97 Å². The summed E-state index contributed by atoms with van der Waals surface area (Å²) < 4.78 is 0. The Hall–Kier alpha value is -2.52. The number of nitriles is 1. The molecule has 0 atom stereocenters. The third-order valence-electron chi connectivity index (χ3n) is 2.77. The molecule has 1 aromatic carbocycles. The molecule has 3 rings (SSSR count). The lowest BCUT2D eigenvalue weighted by Crippen LogP contribution is -1.99. The van der Waals surface area contributed by atoms with Crippen LogP contribution in [0.15, 0.2) is 34.4 Å². The summed E-state index contributed by atoms with van der Waals surface area (Å²) in [6.45, 7) is 0.659. The maximum absolute atomic E-state index is 11.2. The number of thiophene rings is 1. The van der Waals surface area contributed by atoms with E-state index in [1.807, 2.05) is 29.6 Å². The van der Waals surface area contributed by atoms with Crippen LogP contribution in [0.3, 0.4) is 0 Å². The Balaban J connectivity index is 1.77. The van der Waals surface area contributed by atoms with Crippen LogP contribution < -0.4 is 11.0 Å². The van der Waals surface area contributed by atoms with Crippen molar-refractivity contribution in [3.8, 4) is 6.07 Å². The van der Waals surface area contributed by atoms with Crippen molar-refractivity contribution in [3.63, 3.8) is 0 Å². The predicted molar refractivity (Wildman–Crippen MR) is 75.3 cm³/mol. The number of benzene rings is 1. The van der Waals surface area contributed by atoms with E-state index in [0.717, 1.165) is 21.6 Å². The molecule has 0 aliphatic heterocycles. The Kier molecular flexibility index (Phi) is 2.82. The highest BCUT2D eigenvalue weighted by molar-refractivity contribution is 7.10. The summed E-state index contributed by atoms with van der Waals surface area (Å²) in [5, 5.41) is 13.9. The van der Waals surface area contributed by atoms with Gasteiger partial charge in [-0.3, -0.25) is 0 Å². The molecule has 3 aromatic rings. The number of anilines is 1. The second kappa shape index (κ2) is 4.63. The summed E-state index contributed by atoms with van der Waals surface area (Å²) in [5.41, 5.74) is 2.98. The number of imidazole rings is 1. The molecule has 2 aromatic heterocycles. The number of nitrogens with zero attached hydrogens (tertiary/aromatic N) is 1. The second-order valence-corrected chi connectivity index (χ2v) is 5.10. The number of H-pyrrole nitrogens is 2. The normalized spacial score (nSPS) is 10.5. The van der Waals surface area contributed by atoms with Crippen LogP contribution in [-0.2, 0) is 6.54 Å². The predicted octanol–water partition coefficient (Wildman–Crippen LogP) is 2.40. The van der Waals surface area contributed by atoms with Crippen LogP contribution in [0.5, 0.6) is 0 Å². The maximum Gasteiger partial charge on any atom is 0.323 e. The van der Waals surface area contributed by atoms with Crippen molar-refractivity contribution in [1.29, 1.82) is 5.26 Å². The van der Waals surface area contributed by atoms with Gasteiger partial charge in [0.15, 0.2) is 0 Å². The van der Waals surface area contributed by atoms with E-state index in [1.54, 1.807) is 11.3 Å². The van der Waals surface area contributed by atoms with Crippen molar-refractivity contribution in [2.24, 2.45) is 0 Å². The van der Waals surface area contributed by atoms with Gasteiger partial charge >= 0.3 is 5.69 Å². The van der Waals surface area contributed by atoms with Gasteiger partial charge < -0.3 is 15.3 Å². The molecule has 0 aliphatic carbocycles. The number of nitrogens with one attached hydrogen (secondary N) is 3. The molecular weight excluding hydrogens is 260 g/mol. The summed E-state index contributed by atoms with van der Waals surface area (Å²) in [7, 11) is 0. The first-order chi connectivity index (χ1) is 9.24. The first kappa shape index (κ1) is 11.6. The zero-order chi connectivity index (χ0) is 13.2. The number of hydrogen-bond acceptors (Lipinski definition) is 4. The van der Waals surface area contributed by atoms with Gasteiger partial charge in [-0.15, -0.1) is 11.3 Å². The first-order valence-corrected chi connectivity index (χ1v) is 6.56. The standard InChI is InChI=1S/C13H10N4OS/c14-5-8-3-10(19-7-8)6-15-9-1-2-11-12(4-9)17-13(18)16-11/h1-4,7,15H,6H2,(H2,16,17,18). The second-order valence-electron chi connectivity index (χ2n) is 4.11. The first-order valence-electron chi connectivity index (χ1n) is 5.68. The minimum Gasteiger partial charge on any atom is -0.380 e. The molecular formula is C13H10N4OS. The Morgan fingerprint density at radius 2 is 2.11 bits per heavy atom. The Morgan fingerprint density at radius 3 is 2.89 bits per heavy atom.